The lowest BCUT2D eigenvalue weighted by atomic mass is 10.4. The first-order chi connectivity index (χ1) is 7.09. The second-order valence-corrected chi connectivity index (χ2v) is 3.99. The highest BCUT2D eigenvalue weighted by Crippen LogP contribution is 2.18. The van der Waals surface area contributed by atoms with E-state index in [1.807, 2.05) is 0 Å². The summed E-state index contributed by atoms with van der Waals surface area (Å²) in [6.07, 6.45) is 0. The van der Waals surface area contributed by atoms with Gasteiger partial charge in [-0.05, 0) is 0 Å². The van der Waals surface area contributed by atoms with Crippen molar-refractivity contribution < 1.29 is 9.59 Å². The van der Waals surface area contributed by atoms with Gasteiger partial charge in [-0.25, -0.2) is 4.79 Å². The summed E-state index contributed by atoms with van der Waals surface area (Å²) in [5.74, 6) is -0.241. The van der Waals surface area contributed by atoms with E-state index in [9.17, 15) is 9.59 Å². The molecule has 15 heavy (non-hydrogen) atoms. The van der Waals surface area contributed by atoms with Crippen molar-refractivity contribution in [2.24, 2.45) is 0 Å². The van der Waals surface area contributed by atoms with Gasteiger partial charge in [0.05, 0.1) is 6.54 Å². The Morgan fingerprint density at radius 1 is 1.53 bits per heavy atom. The first kappa shape index (κ1) is 9.84. The number of amides is 3. The molecule has 7 nitrogen and oxygen atoms in total. The molecule has 1 aromatic heterocycles. The summed E-state index contributed by atoms with van der Waals surface area (Å²) in [5.41, 5.74) is 6.04. The van der Waals surface area contributed by atoms with Crippen molar-refractivity contribution in [3.8, 4) is 0 Å². The molecule has 0 atom stereocenters. The molecule has 1 aliphatic heterocycles. The fourth-order valence-electron chi connectivity index (χ4n) is 1.30. The van der Waals surface area contributed by atoms with Gasteiger partial charge < -0.3 is 10.6 Å². The molecular weight excluding hydrogens is 218 g/mol. The lowest BCUT2D eigenvalue weighted by molar-refractivity contribution is -0.125. The minimum atomic E-state index is -0.326. The highest BCUT2D eigenvalue weighted by atomic mass is 32.1. The molecule has 80 valence electrons. The Balaban J connectivity index is 2.16. The molecule has 8 heteroatoms. The molecular formula is C7H9N5O2S. The van der Waals surface area contributed by atoms with Crippen LogP contribution in [0.15, 0.2) is 0 Å². The number of nitrogens with zero attached hydrogens (tertiary/aromatic N) is 4. The van der Waals surface area contributed by atoms with Crippen molar-refractivity contribution >= 4 is 28.5 Å². The molecule has 3 amide bonds. The van der Waals surface area contributed by atoms with Crippen LogP contribution in [-0.2, 0) is 11.3 Å². The molecule has 1 aliphatic rings. The Hall–Kier alpha value is -1.70. The maximum atomic E-state index is 11.5. The topological polar surface area (TPSA) is 92.4 Å². The SMILES string of the molecule is CN1CC(=O)N(Cc2nnsc2N)C1=O. The van der Waals surface area contributed by atoms with Gasteiger partial charge in [-0.15, -0.1) is 5.10 Å². The number of hydrogen-bond acceptors (Lipinski definition) is 6. The molecule has 0 bridgehead atoms. The Kier molecular flexibility index (Phi) is 2.27. The van der Waals surface area contributed by atoms with E-state index in [2.05, 4.69) is 9.59 Å². The van der Waals surface area contributed by atoms with Gasteiger partial charge in [0.15, 0.2) is 0 Å². The van der Waals surface area contributed by atoms with Crippen LogP contribution in [0.2, 0.25) is 0 Å². The summed E-state index contributed by atoms with van der Waals surface area (Å²) < 4.78 is 3.64. The number of likely N-dealkylation sites (N-methyl/N-ethyl adjacent to an activating group) is 1. The van der Waals surface area contributed by atoms with Crippen LogP contribution < -0.4 is 5.73 Å². The predicted molar refractivity (Wildman–Crippen MR) is 52.9 cm³/mol. The van der Waals surface area contributed by atoms with Crippen LogP contribution in [0.25, 0.3) is 0 Å². The van der Waals surface area contributed by atoms with E-state index in [1.165, 1.54) is 4.90 Å². The summed E-state index contributed by atoms with van der Waals surface area (Å²) in [6, 6.07) is -0.326. The summed E-state index contributed by atoms with van der Waals surface area (Å²) in [5, 5.41) is 4.19. The van der Waals surface area contributed by atoms with Crippen molar-refractivity contribution in [2.75, 3.05) is 19.3 Å². The number of hydrogen-bond donors (Lipinski definition) is 1. The zero-order valence-electron chi connectivity index (χ0n) is 8.01. The van der Waals surface area contributed by atoms with Crippen LogP contribution in [0.4, 0.5) is 9.80 Å². The van der Waals surface area contributed by atoms with Gasteiger partial charge in [0.25, 0.3) is 5.91 Å². The van der Waals surface area contributed by atoms with Gasteiger partial charge >= 0.3 is 6.03 Å². The van der Waals surface area contributed by atoms with Crippen LogP contribution in [-0.4, -0.2) is 44.9 Å². The summed E-state index contributed by atoms with van der Waals surface area (Å²) >= 11 is 1.04. The third kappa shape index (κ3) is 1.63. The molecule has 0 unspecified atom stereocenters. The number of carbonyl (C=O) groups is 2. The largest absolute Gasteiger partial charge is 0.388 e. The van der Waals surface area contributed by atoms with E-state index in [4.69, 9.17) is 5.73 Å². The maximum Gasteiger partial charge on any atom is 0.327 e. The predicted octanol–water partition coefficient (Wildman–Crippen LogP) is -0.486. The van der Waals surface area contributed by atoms with Crippen LogP contribution in [0.5, 0.6) is 0 Å². The van der Waals surface area contributed by atoms with Gasteiger partial charge in [-0.2, -0.15) is 0 Å². The van der Waals surface area contributed by atoms with E-state index < -0.39 is 0 Å². The molecule has 1 fully saturated rings. The third-order valence-electron chi connectivity index (χ3n) is 2.12. The normalized spacial score (nSPS) is 16.6. The zero-order valence-corrected chi connectivity index (χ0v) is 8.82. The van der Waals surface area contributed by atoms with Crippen molar-refractivity contribution in [2.45, 2.75) is 6.54 Å². The molecule has 0 aromatic carbocycles. The van der Waals surface area contributed by atoms with Crippen molar-refractivity contribution in [3.63, 3.8) is 0 Å². The number of nitrogen functional groups attached to an aromatic ring is 1. The summed E-state index contributed by atoms with van der Waals surface area (Å²) in [7, 11) is 1.57. The minimum Gasteiger partial charge on any atom is -0.388 e. The van der Waals surface area contributed by atoms with Gasteiger partial charge in [0.2, 0.25) is 0 Å². The molecule has 1 aromatic rings. The number of nitrogens with two attached hydrogens (primary N) is 1. The van der Waals surface area contributed by atoms with Gasteiger partial charge in [-0.3, -0.25) is 9.69 Å². The smallest absolute Gasteiger partial charge is 0.327 e. The van der Waals surface area contributed by atoms with Crippen LogP contribution in [0.1, 0.15) is 5.69 Å². The van der Waals surface area contributed by atoms with E-state index in [-0.39, 0.29) is 25.0 Å². The molecule has 0 aliphatic carbocycles. The average Bonchev–Trinajstić information content (AvgIpc) is 2.67. The van der Waals surface area contributed by atoms with E-state index in [1.54, 1.807) is 7.05 Å². The quantitative estimate of drug-likeness (QED) is 0.688. The third-order valence-corrected chi connectivity index (χ3v) is 2.72. The first-order valence-corrected chi connectivity index (χ1v) is 4.99. The zero-order chi connectivity index (χ0) is 11.0. The minimum absolute atomic E-state index is 0.102. The molecule has 1 saturated heterocycles. The van der Waals surface area contributed by atoms with E-state index in [0.717, 1.165) is 16.4 Å². The molecule has 2 heterocycles. The van der Waals surface area contributed by atoms with Crippen molar-refractivity contribution in [3.05, 3.63) is 5.69 Å². The van der Waals surface area contributed by atoms with Crippen molar-refractivity contribution in [1.29, 1.82) is 0 Å². The second-order valence-electron chi connectivity index (χ2n) is 3.20. The maximum absolute atomic E-state index is 11.5. The molecule has 0 radical (unpaired) electrons. The van der Waals surface area contributed by atoms with E-state index in [0.29, 0.717) is 10.7 Å². The molecule has 0 spiro atoms. The van der Waals surface area contributed by atoms with Gasteiger partial charge in [-0.1, -0.05) is 4.49 Å². The number of carbonyl (C=O) groups excluding carboxylic acids is 2. The molecule has 2 rings (SSSR count). The summed E-state index contributed by atoms with van der Waals surface area (Å²) in [4.78, 5) is 25.4. The number of imide groups is 1. The second kappa shape index (κ2) is 3.46. The number of rotatable bonds is 2. The average molecular weight is 227 g/mol. The Morgan fingerprint density at radius 2 is 2.27 bits per heavy atom. The number of anilines is 1. The standard InChI is InChI=1S/C7H9N5O2S/c1-11-3-5(13)12(7(11)14)2-4-6(8)15-10-9-4/h2-3,8H2,1H3. The van der Waals surface area contributed by atoms with Crippen LogP contribution in [0.3, 0.4) is 0 Å². The Bertz CT molecular complexity index is 417. The monoisotopic (exact) mass is 227 g/mol. The van der Waals surface area contributed by atoms with Gasteiger partial charge in [0, 0.05) is 18.6 Å². The highest BCUT2D eigenvalue weighted by Gasteiger charge is 2.34. The molecule has 2 N–H and O–H groups in total. The lowest BCUT2D eigenvalue weighted by Crippen LogP contribution is -2.31. The Labute approximate surface area is 89.6 Å². The fraction of sp³-hybridized carbons (Fsp3) is 0.429. The first-order valence-electron chi connectivity index (χ1n) is 4.21. The lowest BCUT2D eigenvalue weighted by Gasteiger charge is -2.12. The van der Waals surface area contributed by atoms with Crippen molar-refractivity contribution in [1.82, 2.24) is 19.4 Å². The van der Waals surface area contributed by atoms with Gasteiger partial charge in [0.1, 0.15) is 17.2 Å². The Morgan fingerprint density at radius 3 is 2.73 bits per heavy atom. The number of aromatic nitrogens is 2. The fourth-order valence-corrected chi connectivity index (χ4v) is 1.74. The van der Waals surface area contributed by atoms with E-state index >= 15 is 0 Å². The molecule has 0 saturated carbocycles. The number of urea groups is 1. The van der Waals surface area contributed by atoms with Crippen LogP contribution >= 0.6 is 11.5 Å². The highest BCUT2D eigenvalue weighted by molar-refractivity contribution is 7.09. The van der Waals surface area contributed by atoms with Crippen LogP contribution in [0, 0.1) is 0 Å². The summed E-state index contributed by atoms with van der Waals surface area (Å²) in [6.45, 7) is 0.209.